The van der Waals surface area contributed by atoms with Crippen molar-refractivity contribution in [3.05, 3.63) is 131 Å². The van der Waals surface area contributed by atoms with Crippen molar-refractivity contribution in [2.24, 2.45) is 13.0 Å². The molecule has 3 aromatic carbocycles. The van der Waals surface area contributed by atoms with E-state index < -0.39 is 6.29 Å². The van der Waals surface area contributed by atoms with Gasteiger partial charge in [-0.1, -0.05) is 85.4 Å². The predicted molar refractivity (Wildman–Crippen MR) is 172 cm³/mol. The van der Waals surface area contributed by atoms with Gasteiger partial charge in [-0.2, -0.15) is 0 Å². The molecule has 2 N–H and O–H groups in total. The number of benzene rings is 3. The van der Waals surface area contributed by atoms with E-state index in [1.165, 1.54) is 0 Å². The Bertz CT molecular complexity index is 1710. The molecule has 0 spiro atoms. The lowest BCUT2D eigenvalue weighted by atomic mass is 9.91. The highest BCUT2D eigenvalue weighted by molar-refractivity contribution is 7.99. The van der Waals surface area contributed by atoms with Gasteiger partial charge in [0.05, 0.1) is 24.4 Å². The monoisotopic (exact) mass is 621 g/mol. The summed E-state index contributed by atoms with van der Waals surface area (Å²) in [6.45, 7) is 2.56. The average Bonchev–Trinajstić information content (AvgIpc) is 3.51. The van der Waals surface area contributed by atoms with Crippen LogP contribution in [-0.4, -0.2) is 42.6 Å². The number of ether oxygens (including phenoxy) is 2. The smallest absolute Gasteiger partial charge is 0.253 e. The topological polar surface area (TPSA) is 111 Å². The third-order valence-corrected chi connectivity index (χ3v) is 9.11. The van der Waals surface area contributed by atoms with Gasteiger partial charge in [0, 0.05) is 43.2 Å². The number of aliphatic hydroxyl groups excluding tert-OH is 1. The molecule has 1 saturated heterocycles. The highest BCUT2D eigenvalue weighted by Crippen LogP contribution is 2.43. The number of aromatic nitrogens is 4. The van der Waals surface area contributed by atoms with Crippen LogP contribution in [0.1, 0.15) is 51.9 Å². The summed E-state index contributed by atoms with van der Waals surface area (Å²) >= 11 is 1.62. The van der Waals surface area contributed by atoms with Gasteiger partial charge in [0.1, 0.15) is 6.33 Å². The first-order valence-electron chi connectivity index (χ1n) is 14.8. The average molecular weight is 622 g/mol. The summed E-state index contributed by atoms with van der Waals surface area (Å²) in [5.74, 6) is 0.610. The summed E-state index contributed by atoms with van der Waals surface area (Å²) in [4.78, 5) is 16.5. The molecule has 3 heterocycles. The summed E-state index contributed by atoms with van der Waals surface area (Å²) in [6.07, 6.45) is 4.04. The van der Waals surface area contributed by atoms with Crippen molar-refractivity contribution in [1.29, 1.82) is 0 Å². The second-order valence-corrected chi connectivity index (χ2v) is 12.1. The summed E-state index contributed by atoms with van der Waals surface area (Å²) < 4.78 is 15.1. The number of nitrogens with one attached hydrogen (secondary N) is 1. The van der Waals surface area contributed by atoms with Crippen LogP contribution in [0.2, 0.25) is 0 Å². The number of carbonyl (C=O) groups is 1. The van der Waals surface area contributed by atoms with Crippen LogP contribution in [-0.2, 0) is 29.7 Å². The molecule has 2 aromatic heterocycles. The van der Waals surface area contributed by atoms with Gasteiger partial charge in [0.25, 0.3) is 5.91 Å². The molecule has 0 bridgehead atoms. The summed E-state index contributed by atoms with van der Waals surface area (Å²) in [7, 11) is 1.93. The van der Waals surface area contributed by atoms with E-state index in [4.69, 9.17) is 9.47 Å². The van der Waals surface area contributed by atoms with Crippen LogP contribution in [0.5, 0.6) is 0 Å². The first kappa shape index (κ1) is 30.7. The largest absolute Gasteiger partial charge is 0.392 e. The zero-order valence-corrected chi connectivity index (χ0v) is 25.9. The Morgan fingerprint density at radius 2 is 1.76 bits per heavy atom. The molecular weight excluding hydrogens is 586 g/mol. The molecule has 10 heteroatoms. The number of carbonyl (C=O) groups excluding carboxylic acids is 1. The summed E-state index contributed by atoms with van der Waals surface area (Å²) in [5.41, 5.74) is 6.47. The summed E-state index contributed by atoms with van der Waals surface area (Å²) in [5, 5.41) is 21.6. The van der Waals surface area contributed by atoms with Crippen molar-refractivity contribution in [2.45, 2.75) is 43.7 Å². The van der Waals surface area contributed by atoms with Crippen LogP contribution in [0, 0.1) is 5.92 Å². The molecule has 4 atom stereocenters. The highest BCUT2D eigenvalue weighted by Gasteiger charge is 2.38. The minimum atomic E-state index is -0.558. The molecule has 1 aliphatic heterocycles. The Hall–Kier alpha value is -4.35. The number of hydrogen-bond acceptors (Lipinski definition) is 8. The van der Waals surface area contributed by atoms with E-state index in [0.29, 0.717) is 17.9 Å². The van der Waals surface area contributed by atoms with Crippen LogP contribution in [0.3, 0.4) is 0 Å². The number of aliphatic hydroxyl groups is 1. The number of rotatable bonds is 10. The first-order valence-corrected chi connectivity index (χ1v) is 15.8. The Morgan fingerprint density at radius 1 is 0.956 bits per heavy atom. The van der Waals surface area contributed by atoms with E-state index >= 15 is 0 Å². The fourth-order valence-electron chi connectivity index (χ4n) is 5.34. The van der Waals surface area contributed by atoms with Gasteiger partial charge in [-0.15, -0.1) is 10.2 Å². The van der Waals surface area contributed by atoms with Crippen LogP contribution in [0.25, 0.3) is 11.1 Å². The van der Waals surface area contributed by atoms with Gasteiger partial charge in [-0.25, -0.2) is 0 Å². The zero-order chi connectivity index (χ0) is 31.2. The zero-order valence-electron chi connectivity index (χ0n) is 25.1. The van der Waals surface area contributed by atoms with Crippen molar-refractivity contribution >= 4 is 17.7 Å². The van der Waals surface area contributed by atoms with E-state index in [2.05, 4.69) is 51.7 Å². The van der Waals surface area contributed by atoms with E-state index in [-0.39, 0.29) is 30.6 Å². The van der Waals surface area contributed by atoms with Crippen molar-refractivity contribution in [1.82, 2.24) is 25.1 Å². The molecule has 0 aliphatic carbocycles. The highest BCUT2D eigenvalue weighted by atomic mass is 32.2. The molecule has 1 amide bonds. The lowest BCUT2D eigenvalue weighted by molar-refractivity contribution is -0.268. The number of nitrogens with zero attached hydrogens (tertiary/aromatic N) is 4. The molecule has 1 fully saturated rings. The Labute approximate surface area is 266 Å². The Balaban J connectivity index is 1.18. The molecule has 1 aliphatic rings. The number of pyridine rings is 1. The van der Waals surface area contributed by atoms with Gasteiger partial charge in [0.2, 0.25) is 0 Å². The van der Waals surface area contributed by atoms with Gasteiger partial charge in [-0.05, 0) is 46.0 Å². The van der Waals surface area contributed by atoms with E-state index in [0.717, 1.165) is 38.5 Å². The quantitative estimate of drug-likeness (QED) is 0.186. The van der Waals surface area contributed by atoms with Crippen molar-refractivity contribution in [2.75, 3.05) is 5.75 Å². The van der Waals surface area contributed by atoms with E-state index in [1.54, 1.807) is 42.6 Å². The molecule has 6 rings (SSSR count). The molecule has 0 saturated carbocycles. The fraction of sp³-hybridized carbons (Fsp3) is 0.257. The minimum absolute atomic E-state index is 0.000642. The van der Waals surface area contributed by atoms with Crippen LogP contribution in [0.15, 0.2) is 109 Å². The molecule has 230 valence electrons. The number of thioether (sulfide) groups is 1. The lowest BCUT2D eigenvalue weighted by Gasteiger charge is -2.41. The van der Waals surface area contributed by atoms with Crippen molar-refractivity contribution < 1.29 is 19.4 Å². The van der Waals surface area contributed by atoms with Gasteiger partial charge >= 0.3 is 0 Å². The Morgan fingerprint density at radius 3 is 2.47 bits per heavy atom. The maximum atomic E-state index is 12.5. The van der Waals surface area contributed by atoms with E-state index in [9.17, 15) is 9.90 Å². The van der Waals surface area contributed by atoms with Gasteiger partial charge in [0.15, 0.2) is 11.4 Å². The predicted octanol–water partition coefficient (Wildman–Crippen LogP) is 5.88. The maximum absolute atomic E-state index is 12.5. The van der Waals surface area contributed by atoms with E-state index in [1.807, 2.05) is 60.1 Å². The Kier molecular flexibility index (Phi) is 9.66. The molecule has 5 aromatic rings. The van der Waals surface area contributed by atoms with Crippen LogP contribution in [0.4, 0.5) is 0 Å². The summed E-state index contributed by atoms with van der Waals surface area (Å²) in [6, 6.07) is 27.8. The van der Waals surface area contributed by atoms with Crippen molar-refractivity contribution in [3.8, 4) is 11.1 Å². The normalized spacial score (nSPS) is 19.7. The second-order valence-electron chi connectivity index (χ2n) is 11.1. The lowest BCUT2D eigenvalue weighted by Crippen LogP contribution is -2.38. The standard InChI is InChI=1S/C35H35N5O4S/c1-23-31(21-45-35-39-38-22-40(35)2)43-34(44-32(23)27-10-8-24(20-41)9-11-27)28-14-12-26(13-15-28)29-6-3-5-25(17-29)18-37-33(42)30-7-4-16-36-19-30/h3-17,19,22-23,31-32,34,41H,18,20-21H2,1-2H3,(H,37,42)/t23-,31+,32+,34+/m0/s1. The number of aryl methyl sites for hydroxylation is 1. The number of amides is 1. The molecule has 0 radical (unpaired) electrons. The molecule has 9 nitrogen and oxygen atoms in total. The fourth-order valence-corrected chi connectivity index (χ4v) is 6.40. The number of hydrogen-bond donors (Lipinski definition) is 2. The van der Waals surface area contributed by atoms with Gasteiger partial charge < -0.3 is 24.5 Å². The maximum Gasteiger partial charge on any atom is 0.253 e. The molecular formula is C35H35N5O4S. The SMILES string of the molecule is C[C@H]1[C@@H](CSc2nncn2C)O[C@@H](c2ccc(-c3cccc(CNC(=O)c4cccnc4)c3)cc2)O[C@H]1c1ccc(CO)cc1. The van der Waals surface area contributed by atoms with Crippen molar-refractivity contribution in [3.63, 3.8) is 0 Å². The van der Waals surface area contributed by atoms with Crippen LogP contribution >= 0.6 is 11.8 Å². The first-order chi connectivity index (χ1) is 22.0. The third-order valence-electron chi connectivity index (χ3n) is 7.99. The third kappa shape index (κ3) is 7.32. The van der Waals surface area contributed by atoms with Gasteiger partial charge in [-0.3, -0.25) is 9.78 Å². The second kappa shape index (κ2) is 14.2. The molecule has 0 unspecified atom stereocenters. The molecule has 45 heavy (non-hydrogen) atoms. The van der Waals surface area contributed by atoms with Crippen LogP contribution < -0.4 is 5.32 Å². The minimum Gasteiger partial charge on any atom is -0.392 e.